The molecule has 0 bridgehead atoms. The molecular weight excluding hydrogens is 415 g/mol. The minimum atomic E-state index is 0. The topological polar surface area (TPSA) is 48.9 Å². The highest BCUT2D eigenvalue weighted by Gasteiger charge is 2.32. The molecule has 1 aromatic carbocycles. The highest BCUT2D eigenvalue weighted by molar-refractivity contribution is 14.0. The first-order valence-electron chi connectivity index (χ1n) is 8.60. The van der Waals surface area contributed by atoms with Crippen LogP contribution in [0, 0.1) is 6.92 Å². The summed E-state index contributed by atoms with van der Waals surface area (Å²) in [5.41, 5.74) is 2.55. The minimum absolute atomic E-state index is 0. The number of morpholine rings is 1. The Hall–Kier alpha value is -0.860. The summed E-state index contributed by atoms with van der Waals surface area (Å²) in [5, 5.41) is 6.76. The van der Waals surface area contributed by atoms with Crippen LogP contribution in [0.5, 0.6) is 0 Å². The van der Waals surface area contributed by atoms with E-state index in [1.54, 1.807) is 0 Å². The van der Waals surface area contributed by atoms with Crippen LogP contribution in [0.1, 0.15) is 24.0 Å². The Morgan fingerprint density at radius 1 is 1.38 bits per heavy atom. The molecule has 5 nitrogen and oxygen atoms in total. The quantitative estimate of drug-likeness (QED) is 0.425. The summed E-state index contributed by atoms with van der Waals surface area (Å²) in [6.07, 6.45) is 2.86. The smallest absolute Gasteiger partial charge is 0.191 e. The molecule has 0 aliphatic carbocycles. The molecule has 0 radical (unpaired) electrons. The van der Waals surface area contributed by atoms with Crippen LogP contribution in [0.4, 0.5) is 0 Å². The van der Waals surface area contributed by atoms with E-state index in [1.807, 2.05) is 7.05 Å². The number of guanidine groups is 1. The molecule has 2 unspecified atom stereocenters. The van der Waals surface area contributed by atoms with E-state index in [4.69, 9.17) is 4.74 Å². The van der Waals surface area contributed by atoms with E-state index in [0.717, 1.165) is 32.2 Å². The second kappa shape index (κ2) is 9.58. The summed E-state index contributed by atoms with van der Waals surface area (Å²) >= 11 is 0. The number of fused-ring (bicyclic) bond motifs is 1. The lowest BCUT2D eigenvalue weighted by atomic mass is 10.1. The summed E-state index contributed by atoms with van der Waals surface area (Å²) in [6, 6.07) is 9.18. The van der Waals surface area contributed by atoms with Crippen molar-refractivity contribution in [2.75, 3.05) is 33.3 Å². The SMILES string of the molecule is CN=C(NCc1cccc(C)c1)NCC1CN2CCCC2CO1.I. The van der Waals surface area contributed by atoms with Crippen LogP contribution < -0.4 is 10.6 Å². The average molecular weight is 444 g/mol. The van der Waals surface area contributed by atoms with E-state index >= 15 is 0 Å². The molecule has 2 saturated heterocycles. The Bertz CT molecular complexity index is 552. The molecule has 0 aromatic heterocycles. The zero-order valence-corrected chi connectivity index (χ0v) is 17.0. The highest BCUT2D eigenvalue weighted by atomic mass is 127. The molecule has 0 spiro atoms. The van der Waals surface area contributed by atoms with Gasteiger partial charge in [-0.3, -0.25) is 9.89 Å². The van der Waals surface area contributed by atoms with Crippen LogP contribution in [0.3, 0.4) is 0 Å². The maximum absolute atomic E-state index is 5.98. The summed E-state index contributed by atoms with van der Waals surface area (Å²) in [6.45, 7) is 6.83. The van der Waals surface area contributed by atoms with Crippen LogP contribution >= 0.6 is 24.0 Å². The van der Waals surface area contributed by atoms with Gasteiger partial charge in [0.15, 0.2) is 5.96 Å². The van der Waals surface area contributed by atoms with Crippen molar-refractivity contribution >= 4 is 29.9 Å². The van der Waals surface area contributed by atoms with Crippen LogP contribution in [0.25, 0.3) is 0 Å². The van der Waals surface area contributed by atoms with Gasteiger partial charge in [-0.2, -0.15) is 0 Å². The van der Waals surface area contributed by atoms with Crippen LogP contribution in [0.2, 0.25) is 0 Å². The normalized spacial score (nSPS) is 24.2. The van der Waals surface area contributed by atoms with Gasteiger partial charge >= 0.3 is 0 Å². The monoisotopic (exact) mass is 444 g/mol. The third-order valence-electron chi connectivity index (χ3n) is 4.72. The fourth-order valence-corrected chi connectivity index (χ4v) is 3.45. The van der Waals surface area contributed by atoms with Crippen molar-refractivity contribution in [2.45, 2.75) is 38.5 Å². The minimum Gasteiger partial charge on any atom is -0.373 e. The van der Waals surface area contributed by atoms with Crippen molar-refractivity contribution in [3.63, 3.8) is 0 Å². The van der Waals surface area contributed by atoms with Crippen molar-refractivity contribution in [2.24, 2.45) is 4.99 Å². The lowest BCUT2D eigenvalue weighted by Gasteiger charge is -2.35. The fourth-order valence-electron chi connectivity index (χ4n) is 3.45. The van der Waals surface area contributed by atoms with Crippen molar-refractivity contribution in [1.82, 2.24) is 15.5 Å². The van der Waals surface area contributed by atoms with Gasteiger partial charge in [0.1, 0.15) is 0 Å². The molecule has 0 saturated carbocycles. The summed E-state index contributed by atoms with van der Waals surface area (Å²) in [5.74, 6) is 0.832. The van der Waals surface area contributed by atoms with Crippen molar-refractivity contribution in [3.05, 3.63) is 35.4 Å². The van der Waals surface area contributed by atoms with E-state index in [9.17, 15) is 0 Å². The number of benzene rings is 1. The van der Waals surface area contributed by atoms with E-state index in [0.29, 0.717) is 6.04 Å². The lowest BCUT2D eigenvalue weighted by molar-refractivity contribution is -0.0453. The lowest BCUT2D eigenvalue weighted by Crippen LogP contribution is -2.51. The molecule has 2 N–H and O–H groups in total. The molecular formula is C18H29IN4O. The van der Waals surface area contributed by atoms with Crippen molar-refractivity contribution in [1.29, 1.82) is 0 Å². The highest BCUT2D eigenvalue weighted by Crippen LogP contribution is 2.22. The number of aliphatic imine (C=N–C) groups is 1. The van der Waals surface area contributed by atoms with Crippen LogP contribution in [-0.2, 0) is 11.3 Å². The van der Waals surface area contributed by atoms with Gasteiger partial charge in [-0.1, -0.05) is 29.8 Å². The van der Waals surface area contributed by atoms with Gasteiger partial charge in [0.2, 0.25) is 0 Å². The summed E-state index contributed by atoms with van der Waals surface area (Å²) in [7, 11) is 1.81. The molecule has 0 amide bonds. The van der Waals surface area contributed by atoms with Gasteiger partial charge in [0.25, 0.3) is 0 Å². The Morgan fingerprint density at radius 2 is 2.25 bits per heavy atom. The Kier molecular flexibility index (Phi) is 7.77. The van der Waals surface area contributed by atoms with Gasteiger partial charge in [-0.05, 0) is 31.9 Å². The van der Waals surface area contributed by atoms with Crippen LogP contribution in [-0.4, -0.2) is 56.3 Å². The maximum atomic E-state index is 5.98. The predicted molar refractivity (Wildman–Crippen MR) is 109 cm³/mol. The number of nitrogens with zero attached hydrogens (tertiary/aromatic N) is 2. The van der Waals surface area contributed by atoms with Gasteiger partial charge in [-0.25, -0.2) is 0 Å². The predicted octanol–water partition coefficient (Wildman–Crippen LogP) is 2.14. The third kappa shape index (κ3) is 5.32. The van der Waals surface area contributed by atoms with E-state index in [-0.39, 0.29) is 30.1 Å². The van der Waals surface area contributed by atoms with Crippen molar-refractivity contribution in [3.8, 4) is 0 Å². The first-order valence-corrected chi connectivity index (χ1v) is 8.60. The van der Waals surface area contributed by atoms with E-state index in [2.05, 4.69) is 51.7 Å². The number of halogens is 1. The number of ether oxygens (including phenoxy) is 1. The third-order valence-corrected chi connectivity index (χ3v) is 4.72. The van der Waals surface area contributed by atoms with E-state index < -0.39 is 0 Å². The number of aryl methyl sites for hydroxylation is 1. The average Bonchev–Trinajstić information content (AvgIpc) is 3.03. The molecule has 3 rings (SSSR count). The molecule has 2 heterocycles. The molecule has 134 valence electrons. The Labute approximate surface area is 162 Å². The maximum Gasteiger partial charge on any atom is 0.191 e. The largest absolute Gasteiger partial charge is 0.373 e. The molecule has 2 atom stereocenters. The number of nitrogens with one attached hydrogen (secondary N) is 2. The Morgan fingerprint density at radius 3 is 3.04 bits per heavy atom. The molecule has 2 aliphatic rings. The van der Waals surface area contributed by atoms with Gasteiger partial charge in [-0.15, -0.1) is 24.0 Å². The standard InChI is InChI=1S/C18H28N4O.HI/c1-14-5-3-6-15(9-14)10-20-18(19-2)21-11-17-12-22-8-4-7-16(22)13-23-17;/h3,5-6,9,16-17H,4,7-8,10-13H2,1-2H3,(H2,19,20,21);1H. The van der Waals surface area contributed by atoms with Crippen molar-refractivity contribution < 1.29 is 4.74 Å². The van der Waals surface area contributed by atoms with Gasteiger partial charge in [0.05, 0.1) is 12.7 Å². The molecule has 2 fully saturated rings. The first-order chi connectivity index (χ1) is 11.2. The second-order valence-electron chi connectivity index (χ2n) is 6.54. The summed E-state index contributed by atoms with van der Waals surface area (Å²) in [4.78, 5) is 6.87. The molecule has 24 heavy (non-hydrogen) atoms. The van der Waals surface area contributed by atoms with E-state index in [1.165, 1.54) is 30.5 Å². The van der Waals surface area contributed by atoms with Crippen LogP contribution in [0.15, 0.2) is 29.3 Å². The number of hydrogen-bond acceptors (Lipinski definition) is 3. The first kappa shape index (κ1) is 19.5. The van der Waals surface area contributed by atoms with Gasteiger partial charge in [0, 0.05) is 32.7 Å². The molecule has 6 heteroatoms. The second-order valence-corrected chi connectivity index (χ2v) is 6.54. The Balaban J connectivity index is 0.00000208. The van der Waals surface area contributed by atoms with Gasteiger partial charge < -0.3 is 15.4 Å². The summed E-state index contributed by atoms with van der Waals surface area (Å²) < 4.78 is 5.98. The zero-order valence-electron chi connectivity index (χ0n) is 14.6. The number of rotatable bonds is 4. The fraction of sp³-hybridized carbons (Fsp3) is 0.611. The number of hydrogen-bond donors (Lipinski definition) is 2. The zero-order chi connectivity index (χ0) is 16.1. The molecule has 1 aromatic rings. The molecule has 2 aliphatic heterocycles.